The van der Waals surface area contributed by atoms with Gasteiger partial charge in [0, 0.05) is 12.1 Å². The Bertz CT molecular complexity index is 669. The summed E-state index contributed by atoms with van der Waals surface area (Å²) < 4.78 is 0. The Kier molecular flexibility index (Phi) is 5.40. The van der Waals surface area contributed by atoms with E-state index in [1.54, 1.807) is 0 Å². The number of nitrogens with one attached hydrogen (secondary N) is 1. The number of tetrazole rings is 1. The Balaban J connectivity index is 2.14. The number of benzene rings is 1. The number of carbonyl (C=O) groups is 2. The summed E-state index contributed by atoms with van der Waals surface area (Å²) in [5, 5.41) is 23.5. The number of nitrogens with zero attached hydrogens (tertiary/aromatic N) is 4. The van der Waals surface area contributed by atoms with Crippen molar-refractivity contribution in [1.29, 1.82) is 0 Å². The zero-order valence-corrected chi connectivity index (χ0v) is 13.0. The highest BCUT2D eigenvalue weighted by molar-refractivity contribution is 5.80. The van der Waals surface area contributed by atoms with Crippen molar-refractivity contribution in [1.82, 2.24) is 25.5 Å². The number of carboxylic acid groups (broad SMARTS) is 1. The summed E-state index contributed by atoms with van der Waals surface area (Å²) >= 11 is 0. The van der Waals surface area contributed by atoms with E-state index in [0.29, 0.717) is 5.82 Å². The summed E-state index contributed by atoms with van der Waals surface area (Å²) in [6, 6.07) is 8.70. The second-order valence-electron chi connectivity index (χ2n) is 5.42. The van der Waals surface area contributed by atoms with Crippen LogP contribution >= 0.6 is 0 Å². The molecule has 0 aliphatic carbocycles. The molecule has 1 atom stereocenters. The van der Waals surface area contributed by atoms with Gasteiger partial charge in [-0.05, 0) is 11.1 Å². The molecule has 2 N–H and O–H groups in total. The van der Waals surface area contributed by atoms with E-state index in [4.69, 9.17) is 5.11 Å². The van der Waals surface area contributed by atoms with Gasteiger partial charge >= 0.3 is 5.97 Å². The summed E-state index contributed by atoms with van der Waals surface area (Å²) in [4.78, 5) is 24.1. The average molecular weight is 317 g/mol. The van der Waals surface area contributed by atoms with Gasteiger partial charge in [0.05, 0.1) is 6.42 Å². The second kappa shape index (κ2) is 7.48. The Morgan fingerprint density at radius 1 is 1.26 bits per heavy atom. The highest BCUT2D eigenvalue weighted by Gasteiger charge is 2.27. The molecule has 0 fully saturated rings. The fourth-order valence-corrected chi connectivity index (χ4v) is 2.12. The third-order valence-corrected chi connectivity index (χ3v) is 3.25. The molecule has 0 radical (unpaired) electrons. The lowest BCUT2D eigenvalue weighted by molar-refractivity contribution is -0.137. The van der Waals surface area contributed by atoms with Crippen molar-refractivity contribution >= 4 is 11.9 Å². The van der Waals surface area contributed by atoms with E-state index in [0.717, 1.165) is 5.56 Å². The predicted molar refractivity (Wildman–Crippen MR) is 82.4 cm³/mol. The third-order valence-electron chi connectivity index (χ3n) is 3.25. The standard InChI is InChI=1S/C15H19N5O3/c1-10(2)13(15(23)16-9-8-12(21)22)20-18-14(17-19-20)11-6-4-3-5-7-11/h3-7,10,13H,8-9H2,1-2H3,(H,16,23)(H,21,22). The van der Waals surface area contributed by atoms with Crippen molar-refractivity contribution in [2.24, 2.45) is 5.92 Å². The van der Waals surface area contributed by atoms with Crippen LogP contribution in [0, 0.1) is 5.92 Å². The van der Waals surface area contributed by atoms with Crippen LogP contribution in [-0.4, -0.2) is 43.7 Å². The van der Waals surface area contributed by atoms with Gasteiger partial charge in [-0.2, -0.15) is 4.80 Å². The lowest BCUT2D eigenvalue weighted by Crippen LogP contribution is -2.37. The van der Waals surface area contributed by atoms with Crippen LogP contribution < -0.4 is 5.32 Å². The summed E-state index contributed by atoms with van der Waals surface area (Å²) in [6.07, 6.45) is -0.128. The molecule has 0 spiro atoms. The predicted octanol–water partition coefficient (Wildman–Crippen LogP) is 1.13. The van der Waals surface area contributed by atoms with Gasteiger partial charge in [0.2, 0.25) is 11.7 Å². The van der Waals surface area contributed by atoms with E-state index >= 15 is 0 Å². The van der Waals surface area contributed by atoms with Crippen molar-refractivity contribution in [3.05, 3.63) is 30.3 Å². The lowest BCUT2D eigenvalue weighted by atomic mass is 10.0. The topological polar surface area (TPSA) is 110 Å². The molecule has 0 saturated carbocycles. The SMILES string of the molecule is CC(C)C(C(=O)NCCC(=O)O)n1nnc(-c2ccccc2)n1. The van der Waals surface area contributed by atoms with Crippen molar-refractivity contribution in [3.8, 4) is 11.4 Å². The van der Waals surface area contributed by atoms with Gasteiger partial charge in [0.25, 0.3) is 0 Å². The van der Waals surface area contributed by atoms with Gasteiger partial charge in [-0.1, -0.05) is 44.2 Å². The maximum Gasteiger partial charge on any atom is 0.305 e. The molecule has 0 aliphatic heterocycles. The molecule has 0 bridgehead atoms. The lowest BCUT2D eigenvalue weighted by Gasteiger charge is -2.18. The summed E-state index contributed by atoms with van der Waals surface area (Å²) in [7, 11) is 0. The Morgan fingerprint density at radius 2 is 1.96 bits per heavy atom. The monoisotopic (exact) mass is 317 g/mol. The maximum absolute atomic E-state index is 12.3. The van der Waals surface area contributed by atoms with Crippen molar-refractivity contribution < 1.29 is 14.7 Å². The highest BCUT2D eigenvalue weighted by Crippen LogP contribution is 2.18. The Hall–Kier alpha value is -2.77. The molecule has 1 unspecified atom stereocenters. The quantitative estimate of drug-likeness (QED) is 0.792. The molecule has 122 valence electrons. The summed E-state index contributed by atoms with van der Waals surface area (Å²) in [5.41, 5.74) is 0.813. The van der Waals surface area contributed by atoms with Gasteiger partial charge < -0.3 is 10.4 Å². The third kappa shape index (κ3) is 4.35. The van der Waals surface area contributed by atoms with E-state index in [1.165, 1.54) is 4.80 Å². The molecular formula is C15H19N5O3. The van der Waals surface area contributed by atoms with Crippen LogP contribution in [0.25, 0.3) is 11.4 Å². The molecule has 8 nitrogen and oxygen atoms in total. The molecule has 2 aromatic rings. The number of carboxylic acids is 1. The van der Waals surface area contributed by atoms with Crippen molar-refractivity contribution in [2.75, 3.05) is 6.54 Å². The van der Waals surface area contributed by atoms with Crippen LogP contribution in [0.2, 0.25) is 0 Å². The van der Waals surface area contributed by atoms with Crippen molar-refractivity contribution in [2.45, 2.75) is 26.3 Å². The van der Waals surface area contributed by atoms with Gasteiger partial charge in [-0.3, -0.25) is 9.59 Å². The normalized spacial score (nSPS) is 12.1. The summed E-state index contributed by atoms with van der Waals surface area (Å²) in [5.74, 6) is -0.915. The first kappa shape index (κ1) is 16.6. The molecule has 2 rings (SSSR count). The molecule has 0 saturated heterocycles. The number of aromatic nitrogens is 4. The number of rotatable bonds is 7. The summed E-state index contributed by atoms with van der Waals surface area (Å²) in [6.45, 7) is 3.80. The first-order chi connectivity index (χ1) is 11.0. The highest BCUT2D eigenvalue weighted by atomic mass is 16.4. The number of carbonyl (C=O) groups excluding carboxylic acids is 1. The fraction of sp³-hybridized carbons (Fsp3) is 0.400. The van der Waals surface area contributed by atoms with Gasteiger partial charge in [0.1, 0.15) is 0 Å². The van der Waals surface area contributed by atoms with Crippen LogP contribution in [0.3, 0.4) is 0 Å². The van der Waals surface area contributed by atoms with E-state index in [2.05, 4.69) is 20.7 Å². The van der Waals surface area contributed by atoms with E-state index in [9.17, 15) is 9.59 Å². The molecule has 1 amide bonds. The Labute approximate surface area is 133 Å². The van der Waals surface area contributed by atoms with Gasteiger partial charge in [0.15, 0.2) is 6.04 Å². The van der Waals surface area contributed by atoms with Crippen molar-refractivity contribution in [3.63, 3.8) is 0 Å². The first-order valence-corrected chi connectivity index (χ1v) is 7.33. The molecule has 1 aromatic carbocycles. The minimum atomic E-state index is -0.961. The molecule has 23 heavy (non-hydrogen) atoms. The van der Waals surface area contributed by atoms with Crippen LogP contribution in [-0.2, 0) is 9.59 Å². The van der Waals surface area contributed by atoms with Crippen LogP contribution in [0.5, 0.6) is 0 Å². The minimum absolute atomic E-state index is 0.0671. The molecule has 1 heterocycles. The van der Waals surface area contributed by atoms with Gasteiger partial charge in [-0.15, -0.1) is 10.2 Å². The number of hydrogen-bond acceptors (Lipinski definition) is 5. The van der Waals surface area contributed by atoms with E-state index in [1.807, 2.05) is 44.2 Å². The molecule has 8 heteroatoms. The molecular weight excluding hydrogens is 298 g/mol. The first-order valence-electron chi connectivity index (χ1n) is 7.33. The number of hydrogen-bond donors (Lipinski definition) is 2. The fourth-order valence-electron chi connectivity index (χ4n) is 2.12. The maximum atomic E-state index is 12.3. The van der Waals surface area contributed by atoms with Crippen LogP contribution in [0.4, 0.5) is 0 Å². The smallest absolute Gasteiger partial charge is 0.305 e. The van der Waals surface area contributed by atoms with E-state index in [-0.39, 0.29) is 24.8 Å². The molecule has 0 aliphatic rings. The largest absolute Gasteiger partial charge is 0.481 e. The zero-order chi connectivity index (χ0) is 16.8. The Morgan fingerprint density at radius 3 is 2.57 bits per heavy atom. The number of aliphatic carboxylic acids is 1. The number of amides is 1. The van der Waals surface area contributed by atoms with Crippen LogP contribution in [0.15, 0.2) is 30.3 Å². The zero-order valence-electron chi connectivity index (χ0n) is 13.0. The van der Waals surface area contributed by atoms with E-state index < -0.39 is 12.0 Å². The average Bonchev–Trinajstić information content (AvgIpc) is 2.97. The van der Waals surface area contributed by atoms with Crippen LogP contribution in [0.1, 0.15) is 26.3 Å². The van der Waals surface area contributed by atoms with Gasteiger partial charge in [-0.25, -0.2) is 0 Å². The minimum Gasteiger partial charge on any atom is -0.481 e. The second-order valence-corrected chi connectivity index (χ2v) is 5.42. The molecule has 1 aromatic heterocycles.